The average molecular weight is 401 g/mol. The minimum Gasteiger partial charge on any atom is -0.493 e. The fourth-order valence-electron chi connectivity index (χ4n) is 3.17. The molecule has 1 heterocycles. The van der Waals surface area contributed by atoms with Crippen molar-refractivity contribution in [2.75, 3.05) is 27.9 Å². The number of ether oxygens (including phenoxy) is 4. The molecule has 2 rings (SSSR count). The maximum atomic E-state index is 12.5. The van der Waals surface area contributed by atoms with E-state index >= 15 is 0 Å². The van der Waals surface area contributed by atoms with E-state index in [2.05, 4.69) is 6.58 Å². The molecule has 0 saturated heterocycles. The Morgan fingerprint density at radius 3 is 2.17 bits per heavy atom. The summed E-state index contributed by atoms with van der Waals surface area (Å²) in [5.41, 5.74) is 2.95. The van der Waals surface area contributed by atoms with Crippen LogP contribution in [0.25, 0.3) is 0 Å². The number of rotatable bonds is 10. The van der Waals surface area contributed by atoms with Crippen LogP contribution >= 0.6 is 0 Å². The first-order chi connectivity index (χ1) is 13.9. The van der Waals surface area contributed by atoms with Gasteiger partial charge in [-0.05, 0) is 37.6 Å². The molecular formula is C22H27NO6. The topological polar surface area (TPSA) is 76.0 Å². The zero-order valence-electron chi connectivity index (χ0n) is 17.5. The number of aryl methyl sites for hydroxylation is 1. The van der Waals surface area contributed by atoms with Gasteiger partial charge in [-0.15, -0.1) is 6.58 Å². The van der Waals surface area contributed by atoms with Crippen LogP contribution in [0.15, 0.2) is 30.9 Å². The lowest BCUT2D eigenvalue weighted by atomic mass is 10.1. The molecule has 0 unspecified atom stereocenters. The van der Waals surface area contributed by atoms with Crippen LogP contribution in [0.1, 0.15) is 27.3 Å². The number of carbonyl (C=O) groups is 2. The first-order valence-electron chi connectivity index (χ1n) is 9.11. The molecule has 0 aliphatic heterocycles. The molecule has 0 atom stereocenters. The van der Waals surface area contributed by atoms with Gasteiger partial charge in [0.05, 0.1) is 27.8 Å². The molecule has 0 aliphatic carbocycles. The number of aromatic nitrogens is 1. The lowest BCUT2D eigenvalue weighted by Crippen LogP contribution is -2.16. The molecule has 7 heteroatoms. The molecule has 2 aromatic rings. The Bertz CT molecular complexity index is 887. The summed E-state index contributed by atoms with van der Waals surface area (Å²) in [4.78, 5) is 24.8. The molecule has 1 aromatic carbocycles. The number of Topliss-reactive ketones (excluding diaryl/α,β-unsaturated/α-hetero) is 1. The van der Waals surface area contributed by atoms with Crippen molar-refractivity contribution in [1.29, 1.82) is 0 Å². The van der Waals surface area contributed by atoms with Gasteiger partial charge in [-0.3, -0.25) is 9.59 Å². The van der Waals surface area contributed by atoms with E-state index in [1.807, 2.05) is 18.4 Å². The van der Waals surface area contributed by atoms with Crippen LogP contribution in [0.3, 0.4) is 0 Å². The van der Waals surface area contributed by atoms with Gasteiger partial charge in [0.2, 0.25) is 11.5 Å². The lowest BCUT2D eigenvalue weighted by molar-refractivity contribution is -0.141. The zero-order chi connectivity index (χ0) is 21.6. The number of hydrogen-bond acceptors (Lipinski definition) is 6. The zero-order valence-corrected chi connectivity index (χ0v) is 17.5. The maximum Gasteiger partial charge on any atom is 0.310 e. The lowest BCUT2D eigenvalue weighted by Gasteiger charge is -2.14. The van der Waals surface area contributed by atoms with Gasteiger partial charge in [-0.1, -0.05) is 6.08 Å². The summed E-state index contributed by atoms with van der Waals surface area (Å²) in [7, 11) is 4.51. The molecule has 29 heavy (non-hydrogen) atoms. The Labute approximate surface area is 170 Å². The summed E-state index contributed by atoms with van der Waals surface area (Å²) in [5.74, 6) is 0.567. The van der Waals surface area contributed by atoms with Crippen LogP contribution in [0.5, 0.6) is 17.2 Å². The number of hydrogen-bond donors (Lipinski definition) is 0. The van der Waals surface area contributed by atoms with Crippen molar-refractivity contribution in [3.05, 3.63) is 53.4 Å². The predicted octanol–water partition coefficient (Wildman–Crippen LogP) is 3.29. The van der Waals surface area contributed by atoms with Crippen LogP contribution in [-0.2, 0) is 22.5 Å². The molecule has 0 radical (unpaired) electrons. The molecule has 0 spiro atoms. The monoisotopic (exact) mass is 401 g/mol. The Kier molecular flexibility index (Phi) is 7.47. The second-order valence-electron chi connectivity index (χ2n) is 6.48. The molecule has 0 bridgehead atoms. The van der Waals surface area contributed by atoms with Gasteiger partial charge < -0.3 is 23.5 Å². The first-order valence-corrected chi connectivity index (χ1v) is 9.11. The summed E-state index contributed by atoms with van der Waals surface area (Å²) in [6, 6.07) is 5.15. The van der Waals surface area contributed by atoms with E-state index in [1.165, 1.54) is 21.3 Å². The normalized spacial score (nSPS) is 10.4. The molecule has 0 saturated carbocycles. The average Bonchev–Trinajstić information content (AvgIpc) is 2.99. The number of benzene rings is 1. The predicted molar refractivity (Wildman–Crippen MR) is 109 cm³/mol. The minimum absolute atomic E-state index is 0.0283. The van der Waals surface area contributed by atoms with Crippen LogP contribution in [0, 0.1) is 13.8 Å². The van der Waals surface area contributed by atoms with E-state index in [4.69, 9.17) is 18.9 Å². The van der Waals surface area contributed by atoms with E-state index in [1.54, 1.807) is 24.3 Å². The second kappa shape index (κ2) is 9.82. The third-order valence-corrected chi connectivity index (χ3v) is 4.62. The molecule has 0 amide bonds. The van der Waals surface area contributed by atoms with Crippen molar-refractivity contribution < 1.29 is 28.5 Å². The summed E-state index contributed by atoms with van der Waals surface area (Å²) < 4.78 is 23.0. The van der Waals surface area contributed by atoms with Gasteiger partial charge in [0.1, 0.15) is 0 Å². The van der Waals surface area contributed by atoms with Crippen molar-refractivity contribution in [1.82, 2.24) is 4.57 Å². The van der Waals surface area contributed by atoms with Crippen LogP contribution in [0.2, 0.25) is 0 Å². The Hall–Kier alpha value is -3.22. The molecule has 7 nitrogen and oxygen atoms in total. The highest BCUT2D eigenvalue weighted by Crippen LogP contribution is 2.38. The highest BCUT2D eigenvalue weighted by molar-refractivity contribution is 5.99. The Balaban J connectivity index is 2.06. The van der Waals surface area contributed by atoms with Gasteiger partial charge in [0.25, 0.3) is 0 Å². The number of ketones is 1. The van der Waals surface area contributed by atoms with Crippen molar-refractivity contribution in [3.63, 3.8) is 0 Å². The van der Waals surface area contributed by atoms with E-state index < -0.39 is 5.97 Å². The van der Waals surface area contributed by atoms with Crippen molar-refractivity contribution in [2.24, 2.45) is 0 Å². The van der Waals surface area contributed by atoms with Crippen LogP contribution < -0.4 is 14.2 Å². The number of nitrogens with zero attached hydrogens (tertiary/aromatic N) is 1. The summed E-state index contributed by atoms with van der Waals surface area (Å²) in [5, 5.41) is 0. The number of methoxy groups -OCH3 is 3. The van der Waals surface area contributed by atoms with Gasteiger partial charge in [0.15, 0.2) is 18.1 Å². The fourth-order valence-corrected chi connectivity index (χ4v) is 3.17. The SMILES string of the molecule is C=CCn1c(C)cc(C(=O)COC(=O)Cc2cc(OC)c(OC)c(OC)c2)c1C. The second-order valence-corrected chi connectivity index (χ2v) is 6.48. The fraction of sp³-hybridized carbons (Fsp3) is 0.364. The Morgan fingerprint density at radius 2 is 1.66 bits per heavy atom. The largest absolute Gasteiger partial charge is 0.493 e. The third kappa shape index (κ3) is 4.99. The molecule has 156 valence electrons. The molecule has 0 aliphatic rings. The van der Waals surface area contributed by atoms with Gasteiger partial charge in [0, 0.05) is 23.5 Å². The van der Waals surface area contributed by atoms with E-state index in [9.17, 15) is 9.59 Å². The number of carbonyl (C=O) groups excluding carboxylic acids is 2. The molecule has 1 aromatic heterocycles. The van der Waals surface area contributed by atoms with Crippen molar-refractivity contribution in [3.8, 4) is 17.2 Å². The number of allylic oxidation sites excluding steroid dienone is 1. The molecular weight excluding hydrogens is 374 g/mol. The van der Waals surface area contributed by atoms with Crippen LogP contribution in [0.4, 0.5) is 0 Å². The summed E-state index contributed by atoms with van der Waals surface area (Å²) in [6.45, 7) is 7.81. The minimum atomic E-state index is -0.521. The van der Waals surface area contributed by atoms with Gasteiger partial charge >= 0.3 is 5.97 Å². The van der Waals surface area contributed by atoms with Gasteiger partial charge in [-0.2, -0.15) is 0 Å². The van der Waals surface area contributed by atoms with Crippen molar-refractivity contribution >= 4 is 11.8 Å². The van der Waals surface area contributed by atoms with E-state index in [0.717, 1.165) is 11.4 Å². The summed E-state index contributed by atoms with van der Waals surface area (Å²) in [6.07, 6.45) is 1.74. The maximum absolute atomic E-state index is 12.5. The standard InChI is InChI=1S/C22H27NO6/c1-7-8-23-14(2)9-17(15(23)3)18(24)13-29-21(25)12-16-10-19(26-4)22(28-6)20(11-16)27-5/h7,9-11H,1,8,12-13H2,2-6H3. The first kappa shape index (κ1) is 22.1. The Morgan fingerprint density at radius 1 is 1.03 bits per heavy atom. The van der Waals surface area contributed by atoms with Crippen molar-refractivity contribution in [2.45, 2.75) is 26.8 Å². The number of esters is 1. The third-order valence-electron chi connectivity index (χ3n) is 4.62. The summed E-state index contributed by atoms with van der Waals surface area (Å²) >= 11 is 0. The highest BCUT2D eigenvalue weighted by Gasteiger charge is 2.19. The van der Waals surface area contributed by atoms with Gasteiger partial charge in [-0.25, -0.2) is 0 Å². The van der Waals surface area contributed by atoms with E-state index in [-0.39, 0.29) is 18.8 Å². The van der Waals surface area contributed by atoms with Crippen LogP contribution in [-0.4, -0.2) is 44.3 Å². The molecule has 0 fully saturated rings. The quantitative estimate of drug-likeness (QED) is 0.345. The smallest absolute Gasteiger partial charge is 0.310 e. The highest BCUT2D eigenvalue weighted by atomic mass is 16.5. The van der Waals surface area contributed by atoms with E-state index in [0.29, 0.717) is 34.9 Å². The molecule has 0 N–H and O–H groups in total.